The van der Waals surface area contributed by atoms with E-state index in [2.05, 4.69) is 9.88 Å². The van der Waals surface area contributed by atoms with Crippen LogP contribution in [-0.2, 0) is 4.79 Å². The summed E-state index contributed by atoms with van der Waals surface area (Å²) in [6.07, 6.45) is 2.19. The molecule has 3 aromatic rings. The van der Waals surface area contributed by atoms with Crippen LogP contribution in [0.2, 0.25) is 0 Å². The number of likely N-dealkylation sites (tertiary alicyclic amines) is 1. The summed E-state index contributed by atoms with van der Waals surface area (Å²) in [4.78, 5) is 21.4. The van der Waals surface area contributed by atoms with Gasteiger partial charge in [-0.15, -0.1) is 0 Å². The molecule has 1 aromatic heterocycles. The smallest absolute Gasteiger partial charge is 0.260 e. The topological polar surface area (TPSA) is 65.9 Å². The van der Waals surface area contributed by atoms with Crippen LogP contribution in [-0.4, -0.2) is 65.2 Å². The number of aliphatic hydroxyl groups excluding tert-OH is 1. The summed E-state index contributed by atoms with van der Waals surface area (Å²) in [5.41, 5.74) is 3.04. The molecule has 6 nitrogen and oxygen atoms in total. The first-order chi connectivity index (χ1) is 15.0. The number of carbonyl (C=O) groups excluding carboxylic acids is 1. The monoisotopic (exact) mass is 419 g/mol. The summed E-state index contributed by atoms with van der Waals surface area (Å²) in [5, 5.41) is 10.8. The van der Waals surface area contributed by atoms with Crippen molar-refractivity contribution < 1.29 is 14.6 Å². The average molecular weight is 420 g/mol. The van der Waals surface area contributed by atoms with Crippen molar-refractivity contribution in [3.8, 4) is 5.75 Å². The van der Waals surface area contributed by atoms with Crippen LogP contribution >= 0.6 is 0 Å². The molecule has 0 radical (unpaired) electrons. The minimum Gasteiger partial charge on any atom is -0.483 e. The van der Waals surface area contributed by atoms with Gasteiger partial charge in [0.25, 0.3) is 5.91 Å². The SMILES string of the molecule is Cc1ccc2nccc(OCC(=O)N(C)C(CN3CC[C@H](O)C3)c3ccccc3)c2c1. The van der Waals surface area contributed by atoms with Crippen molar-refractivity contribution >= 4 is 16.8 Å². The van der Waals surface area contributed by atoms with Gasteiger partial charge < -0.3 is 14.7 Å². The molecule has 0 bridgehead atoms. The van der Waals surface area contributed by atoms with Crippen molar-refractivity contribution in [2.45, 2.75) is 25.5 Å². The van der Waals surface area contributed by atoms with Gasteiger partial charge in [0.2, 0.25) is 0 Å². The summed E-state index contributed by atoms with van der Waals surface area (Å²) in [5.74, 6) is 0.570. The zero-order valence-electron chi connectivity index (χ0n) is 18.1. The molecule has 6 heteroatoms. The summed E-state index contributed by atoms with van der Waals surface area (Å²) in [7, 11) is 1.82. The van der Waals surface area contributed by atoms with Crippen molar-refractivity contribution in [1.29, 1.82) is 0 Å². The Labute approximate surface area is 183 Å². The van der Waals surface area contributed by atoms with Gasteiger partial charge in [-0.05, 0) is 37.1 Å². The molecule has 2 heterocycles. The van der Waals surface area contributed by atoms with Crippen molar-refractivity contribution in [3.63, 3.8) is 0 Å². The Hall–Kier alpha value is -2.96. The average Bonchev–Trinajstić information content (AvgIpc) is 3.20. The number of nitrogens with zero attached hydrogens (tertiary/aromatic N) is 3. The van der Waals surface area contributed by atoms with Crippen LogP contribution in [0.5, 0.6) is 5.75 Å². The van der Waals surface area contributed by atoms with E-state index in [1.165, 1.54) is 0 Å². The fourth-order valence-corrected chi connectivity index (χ4v) is 4.13. The van der Waals surface area contributed by atoms with E-state index in [0.29, 0.717) is 18.8 Å². The number of β-amino-alcohol motifs (C(OH)–C–C–N with tert-alkyl or cyclic N) is 1. The number of likely N-dealkylation sites (N-methyl/N-ethyl adjacent to an activating group) is 1. The first kappa shape index (κ1) is 21.3. The van der Waals surface area contributed by atoms with Gasteiger partial charge in [-0.1, -0.05) is 42.0 Å². The van der Waals surface area contributed by atoms with Crippen molar-refractivity contribution in [1.82, 2.24) is 14.8 Å². The molecule has 1 saturated heterocycles. The molecule has 4 rings (SSSR count). The quantitative estimate of drug-likeness (QED) is 0.637. The lowest BCUT2D eigenvalue weighted by atomic mass is 10.0. The third-order valence-electron chi connectivity index (χ3n) is 5.93. The van der Waals surface area contributed by atoms with Gasteiger partial charge in [0.1, 0.15) is 5.75 Å². The third kappa shape index (κ3) is 5.03. The highest BCUT2D eigenvalue weighted by atomic mass is 16.5. The molecular formula is C25H29N3O3. The molecule has 1 N–H and O–H groups in total. The molecule has 0 aliphatic carbocycles. The molecule has 0 saturated carbocycles. The Morgan fingerprint density at radius 1 is 1.26 bits per heavy atom. The van der Waals surface area contributed by atoms with Gasteiger partial charge in [0.05, 0.1) is 17.7 Å². The van der Waals surface area contributed by atoms with Gasteiger partial charge in [0.15, 0.2) is 6.61 Å². The van der Waals surface area contributed by atoms with E-state index in [-0.39, 0.29) is 24.7 Å². The van der Waals surface area contributed by atoms with E-state index in [4.69, 9.17) is 4.74 Å². The van der Waals surface area contributed by atoms with Crippen LogP contribution < -0.4 is 4.74 Å². The Bertz CT molecular complexity index is 1040. The molecule has 1 fully saturated rings. The first-order valence-corrected chi connectivity index (χ1v) is 10.7. The predicted molar refractivity (Wildman–Crippen MR) is 121 cm³/mol. The lowest BCUT2D eigenvalue weighted by Crippen LogP contribution is -2.40. The Morgan fingerprint density at radius 3 is 2.81 bits per heavy atom. The molecule has 31 heavy (non-hydrogen) atoms. The summed E-state index contributed by atoms with van der Waals surface area (Å²) >= 11 is 0. The zero-order chi connectivity index (χ0) is 21.8. The van der Waals surface area contributed by atoms with Gasteiger partial charge >= 0.3 is 0 Å². The largest absolute Gasteiger partial charge is 0.483 e. The first-order valence-electron chi connectivity index (χ1n) is 10.7. The number of benzene rings is 2. The standard InChI is InChI=1S/C25H29N3O3/c1-18-8-9-22-21(14-18)24(10-12-26-22)31-17-25(30)27(2)23(19-6-4-3-5-7-19)16-28-13-11-20(29)15-28/h3-10,12,14,20,23,29H,11,13,15-17H2,1-2H3/t20-,23?/m0/s1. The summed E-state index contributed by atoms with van der Waals surface area (Å²) < 4.78 is 5.95. The maximum Gasteiger partial charge on any atom is 0.260 e. The molecule has 1 unspecified atom stereocenters. The number of aryl methyl sites for hydroxylation is 1. The van der Waals surface area contributed by atoms with Crippen molar-refractivity contribution in [2.75, 3.05) is 33.3 Å². The molecule has 2 aromatic carbocycles. The highest BCUT2D eigenvalue weighted by molar-refractivity contribution is 5.86. The number of rotatable bonds is 7. The molecule has 162 valence electrons. The van der Waals surface area contributed by atoms with Crippen molar-refractivity contribution in [2.24, 2.45) is 0 Å². The summed E-state index contributed by atoms with van der Waals surface area (Å²) in [6, 6.07) is 17.7. The second kappa shape index (κ2) is 9.45. The van der Waals surface area contributed by atoms with Crippen LogP contribution in [0.15, 0.2) is 60.8 Å². The fourth-order valence-electron chi connectivity index (χ4n) is 4.13. The zero-order valence-corrected chi connectivity index (χ0v) is 18.1. The number of hydrogen-bond acceptors (Lipinski definition) is 5. The highest BCUT2D eigenvalue weighted by Gasteiger charge is 2.28. The number of aromatic nitrogens is 1. The van der Waals surface area contributed by atoms with Crippen LogP contribution in [0.3, 0.4) is 0 Å². The number of hydrogen-bond donors (Lipinski definition) is 1. The van der Waals surface area contributed by atoms with E-state index in [1.54, 1.807) is 17.2 Å². The van der Waals surface area contributed by atoms with Gasteiger partial charge in [-0.2, -0.15) is 0 Å². The molecule has 1 aliphatic rings. The predicted octanol–water partition coefficient (Wildman–Crippen LogP) is 3.19. The van der Waals surface area contributed by atoms with Crippen LogP contribution in [0.4, 0.5) is 0 Å². The van der Waals surface area contributed by atoms with E-state index < -0.39 is 0 Å². The van der Waals surface area contributed by atoms with Gasteiger partial charge in [-0.25, -0.2) is 0 Å². The molecular weight excluding hydrogens is 390 g/mol. The molecule has 0 spiro atoms. The molecule has 1 amide bonds. The molecule has 1 aliphatic heterocycles. The number of amides is 1. The third-order valence-corrected chi connectivity index (χ3v) is 5.93. The number of ether oxygens (including phenoxy) is 1. The number of pyridine rings is 1. The highest BCUT2D eigenvalue weighted by Crippen LogP contribution is 2.26. The van der Waals surface area contributed by atoms with E-state index in [1.807, 2.05) is 62.5 Å². The Balaban J connectivity index is 1.49. The summed E-state index contributed by atoms with van der Waals surface area (Å²) in [6.45, 7) is 4.14. The number of carbonyl (C=O) groups is 1. The molecule has 2 atom stereocenters. The van der Waals surface area contributed by atoms with E-state index in [9.17, 15) is 9.90 Å². The van der Waals surface area contributed by atoms with E-state index in [0.717, 1.165) is 35.0 Å². The number of fused-ring (bicyclic) bond motifs is 1. The Kier molecular flexibility index (Phi) is 6.49. The van der Waals surface area contributed by atoms with Gasteiger partial charge in [0, 0.05) is 38.3 Å². The second-order valence-electron chi connectivity index (χ2n) is 8.25. The van der Waals surface area contributed by atoms with Crippen molar-refractivity contribution in [3.05, 3.63) is 71.9 Å². The second-order valence-corrected chi connectivity index (χ2v) is 8.25. The van der Waals surface area contributed by atoms with Crippen LogP contribution in [0.25, 0.3) is 10.9 Å². The van der Waals surface area contributed by atoms with Gasteiger partial charge in [-0.3, -0.25) is 14.7 Å². The minimum absolute atomic E-state index is 0.0461. The Morgan fingerprint density at radius 2 is 2.06 bits per heavy atom. The maximum absolute atomic E-state index is 13.1. The van der Waals surface area contributed by atoms with E-state index >= 15 is 0 Å². The van der Waals surface area contributed by atoms with Crippen LogP contribution in [0, 0.1) is 6.92 Å². The fraction of sp³-hybridized carbons (Fsp3) is 0.360. The maximum atomic E-state index is 13.1. The minimum atomic E-state index is -0.288. The number of aliphatic hydroxyl groups is 1. The van der Waals surface area contributed by atoms with Crippen LogP contribution in [0.1, 0.15) is 23.6 Å². The lowest BCUT2D eigenvalue weighted by molar-refractivity contribution is -0.134. The normalized spacial score (nSPS) is 17.6. The lowest BCUT2D eigenvalue weighted by Gasteiger charge is -2.32.